The van der Waals surface area contributed by atoms with Crippen molar-refractivity contribution in [2.75, 3.05) is 18.0 Å². The smallest absolute Gasteiger partial charge is 0.129 e. The summed E-state index contributed by atoms with van der Waals surface area (Å²) in [4.78, 5) is 6.51. The standard InChI is InChI=1S/C17H18BrF2N3O/c1-17(24)8-23(9-17)15-3-2-13(18)16(22-15)14(21)6-10-4-11(19)7-12(20)5-10/h2-5,7,14,24H,6,8-9,21H2,1H3. The van der Waals surface area contributed by atoms with Crippen molar-refractivity contribution in [2.45, 2.75) is 25.0 Å². The lowest BCUT2D eigenvalue weighted by Crippen LogP contribution is -2.60. The Morgan fingerprint density at radius 1 is 1.29 bits per heavy atom. The molecule has 128 valence electrons. The van der Waals surface area contributed by atoms with Gasteiger partial charge >= 0.3 is 0 Å². The molecule has 0 amide bonds. The Kier molecular flexibility index (Phi) is 4.59. The van der Waals surface area contributed by atoms with Crippen molar-refractivity contribution in [1.29, 1.82) is 0 Å². The Morgan fingerprint density at radius 2 is 1.92 bits per heavy atom. The van der Waals surface area contributed by atoms with Gasteiger partial charge in [-0.15, -0.1) is 0 Å². The van der Waals surface area contributed by atoms with Crippen LogP contribution >= 0.6 is 15.9 Å². The number of nitrogens with two attached hydrogens (primary N) is 1. The highest BCUT2D eigenvalue weighted by Crippen LogP contribution is 2.30. The lowest BCUT2D eigenvalue weighted by molar-refractivity contribution is 0.0305. The number of rotatable bonds is 4. The third-order valence-electron chi connectivity index (χ3n) is 3.97. The summed E-state index contributed by atoms with van der Waals surface area (Å²) < 4.78 is 27.4. The fourth-order valence-corrected chi connectivity index (χ4v) is 3.42. The van der Waals surface area contributed by atoms with Gasteiger partial charge in [0.1, 0.15) is 17.5 Å². The Labute approximate surface area is 147 Å². The van der Waals surface area contributed by atoms with E-state index in [0.29, 0.717) is 24.3 Å². The van der Waals surface area contributed by atoms with Gasteiger partial charge in [0.2, 0.25) is 0 Å². The van der Waals surface area contributed by atoms with E-state index in [1.165, 1.54) is 12.1 Å². The maximum atomic E-state index is 13.3. The maximum absolute atomic E-state index is 13.3. The van der Waals surface area contributed by atoms with Crippen LogP contribution in [0.2, 0.25) is 0 Å². The number of β-amino-alcohol motifs (C(OH)–C–C–N with tert-alkyl or cyclic N) is 1. The molecule has 2 heterocycles. The molecular weight excluding hydrogens is 380 g/mol. The Morgan fingerprint density at radius 3 is 2.50 bits per heavy atom. The van der Waals surface area contributed by atoms with Crippen molar-refractivity contribution in [3.63, 3.8) is 0 Å². The first-order valence-electron chi connectivity index (χ1n) is 7.58. The van der Waals surface area contributed by atoms with Crippen molar-refractivity contribution >= 4 is 21.7 Å². The van der Waals surface area contributed by atoms with E-state index >= 15 is 0 Å². The molecule has 3 N–H and O–H groups in total. The van der Waals surface area contributed by atoms with Crippen molar-refractivity contribution in [3.8, 4) is 0 Å². The average molecular weight is 398 g/mol. The van der Waals surface area contributed by atoms with Gasteiger partial charge in [0.15, 0.2) is 0 Å². The molecule has 0 saturated carbocycles. The molecular formula is C17H18BrF2N3O. The minimum absolute atomic E-state index is 0.265. The molecule has 1 unspecified atom stereocenters. The van der Waals surface area contributed by atoms with E-state index in [2.05, 4.69) is 20.9 Å². The molecule has 24 heavy (non-hydrogen) atoms. The minimum atomic E-state index is -0.698. The Balaban J connectivity index is 1.80. The summed E-state index contributed by atoms with van der Waals surface area (Å²) in [7, 11) is 0. The van der Waals surface area contributed by atoms with Crippen LogP contribution in [-0.4, -0.2) is 28.8 Å². The first kappa shape index (κ1) is 17.3. The summed E-state index contributed by atoms with van der Waals surface area (Å²) in [6, 6.07) is 6.55. The van der Waals surface area contributed by atoms with Crippen molar-refractivity contribution in [2.24, 2.45) is 5.73 Å². The van der Waals surface area contributed by atoms with Crippen LogP contribution in [0.3, 0.4) is 0 Å². The summed E-state index contributed by atoms with van der Waals surface area (Å²) >= 11 is 3.43. The van der Waals surface area contributed by atoms with E-state index in [1.54, 1.807) is 6.92 Å². The zero-order chi connectivity index (χ0) is 17.5. The normalized spacial score (nSPS) is 17.5. The summed E-state index contributed by atoms with van der Waals surface area (Å²) in [5, 5.41) is 9.85. The highest BCUT2D eigenvalue weighted by molar-refractivity contribution is 9.10. The van der Waals surface area contributed by atoms with Crippen LogP contribution in [0, 0.1) is 11.6 Å². The quantitative estimate of drug-likeness (QED) is 0.832. The number of benzene rings is 1. The topological polar surface area (TPSA) is 62.4 Å². The second-order valence-corrected chi connectivity index (χ2v) is 7.33. The molecule has 0 aliphatic carbocycles. The van der Waals surface area contributed by atoms with Gasteiger partial charge < -0.3 is 15.7 Å². The predicted octanol–water partition coefficient (Wildman–Crippen LogP) is 2.94. The van der Waals surface area contributed by atoms with Gasteiger partial charge in [-0.3, -0.25) is 0 Å². The van der Waals surface area contributed by atoms with Gasteiger partial charge in [-0.2, -0.15) is 0 Å². The molecule has 1 aliphatic rings. The second kappa shape index (κ2) is 6.38. The number of aliphatic hydroxyl groups is 1. The minimum Gasteiger partial charge on any atom is -0.386 e. The molecule has 1 aliphatic heterocycles. The van der Waals surface area contributed by atoms with E-state index in [4.69, 9.17) is 5.73 Å². The molecule has 2 aromatic rings. The first-order valence-corrected chi connectivity index (χ1v) is 8.37. The predicted molar refractivity (Wildman–Crippen MR) is 91.8 cm³/mol. The van der Waals surface area contributed by atoms with Crippen LogP contribution in [0.5, 0.6) is 0 Å². The number of nitrogens with zero attached hydrogens (tertiary/aromatic N) is 2. The lowest BCUT2D eigenvalue weighted by Gasteiger charge is -2.45. The molecule has 1 aromatic heterocycles. The van der Waals surface area contributed by atoms with E-state index in [-0.39, 0.29) is 6.42 Å². The largest absolute Gasteiger partial charge is 0.386 e. The number of aromatic nitrogens is 1. The molecule has 1 fully saturated rings. The van der Waals surface area contributed by atoms with Gasteiger partial charge in [0.25, 0.3) is 0 Å². The van der Waals surface area contributed by atoms with Crippen LogP contribution < -0.4 is 10.6 Å². The Hall–Kier alpha value is -1.57. The van der Waals surface area contributed by atoms with Gasteiger partial charge in [-0.1, -0.05) is 0 Å². The zero-order valence-electron chi connectivity index (χ0n) is 13.1. The van der Waals surface area contributed by atoms with Crippen LogP contribution in [-0.2, 0) is 6.42 Å². The van der Waals surface area contributed by atoms with Gasteiger partial charge in [0.05, 0.1) is 17.3 Å². The summed E-state index contributed by atoms with van der Waals surface area (Å²) in [5.74, 6) is -0.526. The van der Waals surface area contributed by atoms with Crippen LogP contribution in [0.4, 0.5) is 14.6 Å². The van der Waals surface area contributed by atoms with E-state index in [1.807, 2.05) is 17.0 Å². The lowest BCUT2D eigenvalue weighted by atomic mass is 9.97. The van der Waals surface area contributed by atoms with Gasteiger partial charge in [0, 0.05) is 23.6 Å². The summed E-state index contributed by atoms with van der Waals surface area (Å²) in [6.45, 7) is 2.78. The highest BCUT2D eigenvalue weighted by Gasteiger charge is 2.37. The fraction of sp³-hybridized carbons (Fsp3) is 0.353. The van der Waals surface area contributed by atoms with E-state index < -0.39 is 23.3 Å². The van der Waals surface area contributed by atoms with Gasteiger partial charge in [-0.05, 0) is 59.1 Å². The van der Waals surface area contributed by atoms with Crippen LogP contribution in [0.25, 0.3) is 0 Å². The monoisotopic (exact) mass is 397 g/mol. The fourth-order valence-electron chi connectivity index (χ4n) is 2.90. The summed E-state index contributed by atoms with van der Waals surface area (Å²) in [6.07, 6.45) is 0.265. The van der Waals surface area contributed by atoms with Crippen molar-refractivity contribution in [3.05, 3.63) is 57.7 Å². The van der Waals surface area contributed by atoms with Crippen molar-refractivity contribution in [1.82, 2.24) is 4.98 Å². The van der Waals surface area contributed by atoms with E-state index in [0.717, 1.165) is 16.4 Å². The van der Waals surface area contributed by atoms with Crippen LogP contribution in [0.1, 0.15) is 24.2 Å². The van der Waals surface area contributed by atoms with Crippen LogP contribution in [0.15, 0.2) is 34.8 Å². The maximum Gasteiger partial charge on any atom is 0.129 e. The first-order chi connectivity index (χ1) is 11.2. The number of halogens is 3. The number of hydrogen-bond acceptors (Lipinski definition) is 4. The third-order valence-corrected chi connectivity index (χ3v) is 4.65. The average Bonchev–Trinajstić information content (AvgIpc) is 2.44. The molecule has 7 heteroatoms. The zero-order valence-corrected chi connectivity index (χ0v) is 14.7. The number of hydrogen-bond donors (Lipinski definition) is 2. The highest BCUT2D eigenvalue weighted by atomic mass is 79.9. The molecule has 1 saturated heterocycles. The van der Waals surface area contributed by atoms with Gasteiger partial charge in [-0.25, -0.2) is 13.8 Å². The summed E-state index contributed by atoms with van der Waals surface area (Å²) in [5.41, 5.74) is 6.60. The van der Waals surface area contributed by atoms with E-state index in [9.17, 15) is 13.9 Å². The molecule has 0 radical (unpaired) electrons. The van der Waals surface area contributed by atoms with Crippen molar-refractivity contribution < 1.29 is 13.9 Å². The molecule has 4 nitrogen and oxygen atoms in total. The molecule has 1 atom stereocenters. The SMILES string of the molecule is CC1(O)CN(c2ccc(Br)c(C(N)Cc3cc(F)cc(F)c3)n2)C1. The molecule has 1 aromatic carbocycles. The number of anilines is 1. The molecule has 0 bridgehead atoms. The Bertz CT molecular complexity index is 741. The second-order valence-electron chi connectivity index (χ2n) is 6.48. The number of pyridine rings is 1. The molecule has 3 rings (SSSR count). The molecule has 0 spiro atoms. The third kappa shape index (κ3) is 3.74.